The Kier molecular flexibility index (Phi) is 3.76. The third-order valence-corrected chi connectivity index (χ3v) is 6.41. The zero-order valence-electron chi connectivity index (χ0n) is 14.9. The number of fused-ring (bicyclic) bond motifs is 3. The molecule has 0 aromatic carbocycles. The molecule has 144 valence electrons. The monoisotopic (exact) mass is 377 g/mol. The van der Waals surface area contributed by atoms with Crippen LogP contribution >= 0.6 is 0 Å². The maximum Gasteiger partial charge on any atom is 0.406 e. The predicted octanol–water partition coefficient (Wildman–Crippen LogP) is 4.17. The number of nitrogens with zero attached hydrogens (tertiary/aromatic N) is 3. The van der Waals surface area contributed by atoms with Crippen molar-refractivity contribution in [2.75, 3.05) is 6.54 Å². The van der Waals surface area contributed by atoms with Crippen molar-refractivity contribution in [3.8, 4) is 0 Å². The topological polar surface area (TPSA) is 58.0 Å². The van der Waals surface area contributed by atoms with Gasteiger partial charge >= 0.3 is 6.18 Å². The van der Waals surface area contributed by atoms with Crippen molar-refractivity contribution in [2.45, 2.75) is 56.2 Å². The molecule has 3 aromatic rings. The van der Waals surface area contributed by atoms with Gasteiger partial charge in [0.1, 0.15) is 17.5 Å². The molecule has 0 spiro atoms. The van der Waals surface area contributed by atoms with Crippen LogP contribution in [0.3, 0.4) is 0 Å². The summed E-state index contributed by atoms with van der Waals surface area (Å²) in [7, 11) is 0. The molecule has 0 atom stereocenters. The fraction of sp³-hybridized carbons (Fsp3) is 0.579. The molecule has 5 rings (SSSR count). The van der Waals surface area contributed by atoms with E-state index in [4.69, 9.17) is 0 Å². The van der Waals surface area contributed by atoms with Crippen LogP contribution in [0.25, 0.3) is 16.6 Å². The SMILES string of the molecule is FC(F)(F)C1(NC[C@H]2CC[C@H](c3cnn4cnc5[nH]ccc5c34)CC2)CC1. The molecule has 0 bridgehead atoms. The van der Waals surface area contributed by atoms with Gasteiger partial charge in [-0.25, -0.2) is 9.50 Å². The first-order valence-corrected chi connectivity index (χ1v) is 9.58. The maximum absolute atomic E-state index is 13.1. The third kappa shape index (κ3) is 2.81. The smallest absolute Gasteiger partial charge is 0.346 e. The molecule has 0 aliphatic heterocycles. The van der Waals surface area contributed by atoms with Crippen LogP contribution in [0.4, 0.5) is 13.2 Å². The number of H-pyrrole nitrogens is 1. The van der Waals surface area contributed by atoms with Gasteiger partial charge in [-0.2, -0.15) is 18.3 Å². The Labute approximate surface area is 154 Å². The molecule has 0 radical (unpaired) electrons. The Morgan fingerprint density at radius 2 is 2.00 bits per heavy atom. The molecule has 27 heavy (non-hydrogen) atoms. The molecule has 2 aliphatic carbocycles. The lowest BCUT2D eigenvalue weighted by Gasteiger charge is -2.30. The lowest BCUT2D eigenvalue weighted by atomic mass is 9.79. The van der Waals surface area contributed by atoms with Crippen LogP contribution in [0.5, 0.6) is 0 Å². The molecule has 0 unspecified atom stereocenters. The van der Waals surface area contributed by atoms with Crippen LogP contribution < -0.4 is 5.32 Å². The van der Waals surface area contributed by atoms with Crippen molar-refractivity contribution in [1.29, 1.82) is 0 Å². The molecular weight excluding hydrogens is 355 g/mol. The summed E-state index contributed by atoms with van der Waals surface area (Å²) in [6, 6.07) is 2.02. The molecule has 2 aliphatic rings. The minimum Gasteiger partial charge on any atom is -0.346 e. The van der Waals surface area contributed by atoms with Gasteiger partial charge in [-0.15, -0.1) is 0 Å². The number of halogens is 3. The van der Waals surface area contributed by atoms with E-state index in [9.17, 15) is 13.2 Å². The Morgan fingerprint density at radius 1 is 1.22 bits per heavy atom. The molecule has 3 heterocycles. The highest BCUT2D eigenvalue weighted by molar-refractivity contribution is 5.93. The van der Waals surface area contributed by atoms with E-state index in [1.807, 2.05) is 23.0 Å². The van der Waals surface area contributed by atoms with E-state index in [-0.39, 0.29) is 12.8 Å². The fourth-order valence-corrected chi connectivity index (χ4v) is 4.51. The van der Waals surface area contributed by atoms with Crippen LogP contribution in [0, 0.1) is 5.92 Å². The number of aromatic nitrogens is 4. The van der Waals surface area contributed by atoms with Crippen LogP contribution in [-0.2, 0) is 0 Å². The van der Waals surface area contributed by atoms with Crippen molar-refractivity contribution in [1.82, 2.24) is 24.9 Å². The van der Waals surface area contributed by atoms with Crippen LogP contribution in [-0.4, -0.2) is 37.8 Å². The van der Waals surface area contributed by atoms with E-state index in [2.05, 4.69) is 20.4 Å². The first kappa shape index (κ1) is 17.0. The van der Waals surface area contributed by atoms with Gasteiger partial charge in [0.15, 0.2) is 0 Å². The van der Waals surface area contributed by atoms with Crippen molar-refractivity contribution in [2.24, 2.45) is 5.92 Å². The molecule has 2 fully saturated rings. The number of hydrogen-bond acceptors (Lipinski definition) is 3. The van der Waals surface area contributed by atoms with Crippen molar-refractivity contribution < 1.29 is 13.2 Å². The van der Waals surface area contributed by atoms with E-state index < -0.39 is 11.7 Å². The molecule has 5 nitrogen and oxygen atoms in total. The van der Waals surface area contributed by atoms with Gasteiger partial charge in [-0.05, 0) is 63.0 Å². The lowest BCUT2D eigenvalue weighted by Crippen LogP contribution is -2.47. The van der Waals surface area contributed by atoms with E-state index >= 15 is 0 Å². The second-order valence-electron chi connectivity index (χ2n) is 8.06. The highest BCUT2D eigenvalue weighted by Gasteiger charge is 2.63. The van der Waals surface area contributed by atoms with Gasteiger partial charge in [-0.1, -0.05) is 0 Å². The highest BCUT2D eigenvalue weighted by atomic mass is 19.4. The molecule has 2 saturated carbocycles. The van der Waals surface area contributed by atoms with E-state index in [1.54, 1.807) is 6.33 Å². The quantitative estimate of drug-likeness (QED) is 0.718. The van der Waals surface area contributed by atoms with Gasteiger partial charge in [0, 0.05) is 17.1 Å². The average molecular weight is 377 g/mol. The summed E-state index contributed by atoms with van der Waals surface area (Å²) in [4.78, 5) is 7.49. The summed E-state index contributed by atoms with van der Waals surface area (Å²) in [5, 5.41) is 8.34. The predicted molar refractivity (Wildman–Crippen MR) is 95.6 cm³/mol. The van der Waals surface area contributed by atoms with E-state index in [0.717, 1.165) is 42.2 Å². The Hall–Kier alpha value is -2.09. The maximum atomic E-state index is 13.1. The Bertz CT molecular complexity index is 961. The molecular formula is C19H22F3N5. The summed E-state index contributed by atoms with van der Waals surface area (Å²) < 4.78 is 41.0. The molecule has 3 aromatic heterocycles. The van der Waals surface area contributed by atoms with Crippen molar-refractivity contribution >= 4 is 16.6 Å². The van der Waals surface area contributed by atoms with Gasteiger partial charge in [0.2, 0.25) is 0 Å². The zero-order chi connectivity index (χ0) is 18.6. The normalized spacial score (nSPS) is 25.3. The third-order valence-electron chi connectivity index (χ3n) is 6.41. The first-order valence-electron chi connectivity index (χ1n) is 9.58. The second-order valence-corrected chi connectivity index (χ2v) is 8.06. The average Bonchev–Trinajstić information content (AvgIpc) is 3.11. The zero-order valence-corrected chi connectivity index (χ0v) is 14.9. The van der Waals surface area contributed by atoms with Gasteiger partial charge in [0.25, 0.3) is 0 Å². The van der Waals surface area contributed by atoms with Gasteiger partial charge < -0.3 is 10.3 Å². The van der Waals surface area contributed by atoms with Gasteiger partial charge in [0.05, 0.1) is 11.7 Å². The summed E-state index contributed by atoms with van der Waals surface area (Å²) in [5.41, 5.74) is 1.57. The van der Waals surface area contributed by atoms with Crippen molar-refractivity contribution in [3.63, 3.8) is 0 Å². The molecule has 0 saturated heterocycles. The summed E-state index contributed by atoms with van der Waals surface area (Å²) in [6.07, 6.45) is 5.71. The van der Waals surface area contributed by atoms with Crippen molar-refractivity contribution in [3.05, 3.63) is 30.4 Å². The number of nitrogens with one attached hydrogen (secondary N) is 2. The molecule has 8 heteroatoms. The largest absolute Gasteiger partial charge is 0.406 e. The molecule has 0 amide bonds. The minimum atomic E-state index is -4.13. The van der Waals surface area contributed by atoms with Crippen LogP contribution in [0.15, 0.2) is 24.8 Å². The lowest BCUT2D eigenvalue weighted by molar-refractivity contribution is -0.166. The summed E-state index contributed by atoms with van der Waals surface area (Å²) in [5.74, 6) is 0.716. The van der Waals surface area contributed by atoms with Crippen LogP contribution in [0.1, 0.15) is 50.0 Å². The number of alkyl halides is 3. The summed E-state index contributed by atoms with van der Waals surface area (Å²) in [6.45, 7) is 0.465. The number of rotatable bonds is 4. The van der Waals surface area contributed by atoms with E-state index in [1.165, 1.54) is 5.56 Å². The fourth-order valence-electron chi connectivity index (χ4n) is 4.51. The standard InChI is InChI=1S/C19H22F3N5/c20-19(21,22)18(6-7-18)25-9-12-1-3-13(4-2-12)15-10-26-27-11-24-17-14(16(15)27)5-8-23-17/h5,8,10-13,23,25H,1-4,6-7,9H2/t12-,13-. The number of aromatic amines is 1. The van der Waals surface area contributed by atoms with E-state index in [0.29, 0.717) is 18.4 Å². The van der Waals surface area contributed by atoms with Crippen LogP contribution in [0.2, 0.25) is 0 Å². The Morgan fingerprint density at radius 3 is 2.70 bits per heavy atom. The summed E-state index contributed by atoms with van der Waals surface area (Å²) >= 11 is 0. The first-order chi connectivity index (χ1) is 13.0. The number of hydrogen-bond donors (Lipinski definition) is 2. The van der Waals surface area contributed by atoms with Gasteiger partial charge in [-0.3, -0.25) is 0 Å². The molecule has 2 N–H and O–H groups in total. The minimum absolute atomic E-state index is 0.217. The second kappa shape index (κ2) is 5.95. The highest BCUT2D eigenvalue weighted by Crippen LogP contribution is 2.49. The Balaban J connectivity index is 1.27.